The summed E-state index contributed by atoms with van der Waals surface area (Å²) in [7, 11) is 0. The van der Waals surface area contributed by atoms with Gasteiger partial charge in [-0.2, -0.15) is 0 Å². The maximum atomic E-state index is 12.8. The number of nitrogens with zero attached hydrogens (tertiary/aromatic N) is 3. The first-order valence-corrected chi connectivity index (χ1v) is 10.8. The van der Waals surface area contributed by atoms with Gasteiger partial charge in [0.1, 0.15) is 0 Å². The Hall–Kier alpha value is -3.29. The van der Waals surface area contributed by atoms with Crippen LogP contribution in [0.4, 0.5) is 11.5 Å². The predicted octanol–water partition coefficient (Wildman–Crippen LogP) is 3.15. The second-order valence-electron chi connectivity index (χ2n) is 7.72. The number of piperazine rings is 1. The number of rotatable bonds is 6. The molecule has 2 aliphatic heterocycles. The fourth-order valence-electron chi connectivity index (χ4n) is 4.01. The Bertz CT molecular complexity index is 952. The van der Waals surface area contributed by atoms with E-state index in [9.17, 15) is 9.59 Å². The number of carbonyl (C=O) groups is 2. The average molecular weight is 425 g/mol. The number of hydrogen-bond donors (Lipinski definition) is 1. The van der Waals surface area contributed by atoms with Gasteiger partial charge in [-0.3, -0.25) is 9.59 Å². The zero-order valence-corrected chi connectivity index (χ0v) is 18.0. The molecular weight excluding hydrogens is 396 g/mol. The molecule has 164 valence electrons. The Morgan fingerprint density at radius 2 is 1.81 bits per heavy atom. The van der Waals surface area contributed by atoms with Gasteiger partial charge in [0.05, 0.1) is 5.69 Å². The monoisotopic (exact) mass is 424 g/mol. The highest BCUT2D eigenvalue weighted by Gasteiger charge is 2.27. The van der Waals surface area contributed by atoms with Gasteiger partial charge in [-0.25, -0.2) is 4.98 Å². The summed E-state index contributed by atoms with van der Waals surface area (Å²) in [6.45, 7) is 6.95. The molecule has 0 spiro atoms. The Kier molecular flexibility index (Phi) is 6.25. The van der Waals surface area contributed by atoms with Crippen molar-refractivity contribution in [2.75, 3.05) is 43.2 Å². The van der Waals surface area contributed by atoms with Crippen LogP contribution in [0, 0.1) is 5.92 Å². The summed E-state index contributed by atoms with van der Waals surface area (Å²) in [5.41, 5.74) is 1.13. The molecule has 1 saturated heterocycles. The molecule has 8 nitrogen and oxygen atoms in total. The Labute approximate surface area is 182 Å². The topological polar surface area (TPSA) is 84.0 Å². The molecule has 2 aromatic rings. The summed E-state index contributed by atoms with van der Waals surface area (Å²) in [5.74, 6) is 2.01. The average Bonchev–Trinajstić information content (AvgIpc) is 3.28. The van der Waals surface area contributed by atoms with Crippen molar-refractivity contribution in [1.29, 1.82) is 0 Å². The summed E-state index contributed by atoms with van der Waals surface area (Å²) >= 11 is 0. The second kappa shape index (κ2) is 9.24. The molecule has 8 heteroatoms. The van der Waals surface area contributed by atoms with E-state index < -0.39 is 0 Å². The largest absolute Gasteiger partial charge is 0.454 e. The summed E-state index contributed by atoms with van der Waals surface area (Å²) in [6, 6.07) is 8.76. The van der Waals surface area contributed by atoms with Crippen molar-refractivity contribution in [2.45, 2.75) is 26.7 Å². The zero-order chi connectivity index (χ0) is 21.8. The van der Waals surface area contributed by atoms with E-state index in [1.807, 2.05) is 11.0 Å². The van der Waals surface area contributed by atoms with E-state index >= 15 is 0 Å². The van der Waals surface area contributed by atoms with Crippen molar-refractivity contribution in [3.63, 3.8) is 0 Å². The lowest BCUT2D eigenvalue weighted by atomic mass is 10.0. The van der Waals surface area contributed by atoms with Gasteiger partial charge < -0.3 is 24.6 Å². The third kappa shape index (κ3) is 4.42. The van der Waals surface area contributed by atoms with E-state index in [0.29, 0.717) is 54.7 Å². The molecule has 1 aromatic heterocycles. The van der Waals surface area contributed by atoms with Gasteiger partial charge in [-0.15, -0.1) is 0 Å². The minimum Gasteiger partial charge on any atom is -0.454 e. The molecule has 0 unspecified atom stereocenters. The van der Waals surface area contributed by atoms with Gasteiger partial charge >= 0.3 is 0 Å². The number of pyridine rings is 1. The van der Waals surface area contributed by atoms with Crippen LogP contribution in [0.25, 0.3) is 0 Å². The van der Waals surface area contributed by atoms with Crippen molar-refractivity contribution < 1.29 is 19.1 Å². The number of ether oxygens (including phenoxy) is 2. The van der Waals surface area contributed by atoms with Crippen LogP contribution in [-0.2, 0) is 4.79 Å². The highest BCUT2D eigenvalue weighted by atomic mass is 16.7. The minimum atomic E-state index is -0.241. The van der Waals surface area contributed by atoms with E-state index in [-0.39, 0.29) is 24.5 Å². The van der Waals surface area contributed by atoms with Gasteiger partial charge in [-0.05, 0) is 43.2 Å². The van der Waals surface area contributed by atoms with Crippen molar-refractivity contribution in [3.8, 4) is 11.5 Å². The number of nitrogens with one attached hydrogen (secondary N) is 1. The Balaban J connectivity index is 1.43. The summed E-state index contributed by atoms with van der Waals surface area (Å²) < 4.78 is 10.7. The standard InChI is InChI=1S/C23H28N4O4/c1-3-16(4-2)23(29)27-12-10-26(11-13-27)21-18(6-5-9-24-21)25-22(28)17-7-8-19-20(14-17)31-15-30-19/h5-9,14,16H,3-4,10-13,15H2,1-2H3,(H,25,28). The van der Waals surface area contributed by atoms with E-state index in [2.05, 4.69) is 29.0 Å². The molecule has 31 heavy (non-hydrogen) atoms. The first-order valence-electron chi connectivity index (χ1n) is 10.8. The van der Waals surface area contributed by atoms with Gasteiger partial charge in [0.15, 0.2) is 17.3 Å². The van der Waals surface area contributed by atoms with Gasteiger partial charge in [0, 0.05) is 43.9 Å². The van der Waals surface area contributed by atoms with E-state index in [0.717, 1.165) is 12.8 Å². The fraction of sp³-hybridized carbons (Fsp3) is 0.435. The number of amides is 2. The quantitative estimate of drug-likeness (QED) is 0.767. The summed E-state index contributed by atoms with van der Waals surface area (Å²) in [6.07, 6.45) is 3.45. The molecule has 2 aliphatic rings. The molecule has 0 radical (unpaired) electrons. The fourth-order valence-corrected chi connectivity index (χ4v) is 4.01. The molecular formula is C23H28N4O4. The predicted molar refractivity (Wildman–Crippen MR) is 118 cm³/mol. The third-order valence-electron chi connectivity index (χ3n) is 5.90. The van der Waals surface area contributed by atoms with Crippen LogP contribution < -0.4 is 19.7 Å². The first-order chi connectivity index (χ1) is 15.1. The highest BCUT2D eigenvalue weighted by molar-refractivity contribution is 6.06. The minimum absolute atomic E-state index is 0.0953. The number of hydrogen-bond acceptors (Lipinski definition) is 6. The van der Waals surface area contributed by atoms with Crippen molar-refractivity contribution in [2.24, 2.45) is 5.92 Å². The maximum absolute atomic E-state index is 12.8. The van der Waals surface area contributed by atoms with Crippen molar-refractivity contribution in [3.05, 3.63) is 42.1 Å². The van der Waals surface area contributed by atoms with Gasteiger partial charge in [0.25, 0.3) is 5.91 Å². The third-order valence-corrected chi connectivity index (χ3v) is 5.90. The van der Waals surface area contributed by atoms with Crippen LogP contribution >= 0.6 is 0 Å². The number of aromatic nitrogens is 1. The lowest BCUT2D eigenvalue weighted by molar-refractivity contribution is -0.136. The molecule has 3 heterocycles. The highest BCUT2D eigenvalue weighted by Crippen LogP contribution is 2.33. The summed E-state index contributed by atoms with van der Waals surface area (Å²) in [4.78, 5) is 34.1. The van der Waals surface area contributed by atoms with Crippen molar-refractivity contribution in [1.82, 2.24) is 9.88 Å². The molecule has 0 saturated carbocycles. The second-order valence-corrected chi connectivity index (χ2v) is 7.72. The molecule has 0 atom stereocenters. The molecule has 0 bridgehead atoms. The van der Waals surface area contributed by atoms with Crippen LogP contribution in [0.3, 0.4) is 0 Å². The van der Waals surface area contributed by atoms with E-state index in [4.69, 9.17) is 9.47 Å². The Morgan fingerprint density at radius 1 is 1.06 bits per heavy atom. The molecule has 2 amide bonds. The van der Waals surface area contributed by atoms with Crippen LogP contribution in [0.5, 0.6) is 11.5 Å². The summed E-state index contributed by atoms with van der Waals surface area (Å²) in [5, 5.41) is 2.97. The van der Waals surface area contributed by atoms with Crippen molar-refractivity contribution >= 4 is 23.3 Å². The van der Waals surface area contributed by atoms with Gasteiger partial charge in [-0.1, -0.05) is 13.8 Å². The lowest BCUT2D eigenvalue weighted by Crippen LogP contribution is -2.50. The van der Waals surface area contributed by atoms with Crippen LogP contribution in [0.15, 0.2) is 36.5 Å². The maximum Gasteiger partial charge on any atom is 0.255 e. The molecule has 4 rings (SSSR count). The van der Waals surface area contributed by atoms with Crippen LogP contribution in [0.1, 0.15) is 37.0 Å². The van der Waals surface area contributed by atoms with Gasteiger partial charge in [0.2, 0.25) is 12.7 Å². The molecule has 1 aromatic carbocycles. The SMILES string of the molecule is CCC(CC)C(=O)N1CCN(c2ncccc2NC(=O)c2ccc3c(c2)OCO3)CC1. The van der Waals surface area contributed by atoms with Crippen LogP contribution in [-0.4, -0.2) is 54.7 Å². The smallest absolute Gasteiger partial charge is 0.255 e. The van der Waals surface area contributed by atoms with E-state index in [1.54, 1.807) is 30.5 Å². The Morgan fingerprint density at radius 3 is 2.55 bits per heavy atom. The molecule has 0 aliphatic carbocycles. The molecule has 1 N–H and O–H groups in total. The lowest BCUT2D eigenvalue weighted by Gasteiger charge is -2.37. The first kappa shape index (κ1) is 21.0. The molecule has 1 fully saturated rings. The zero-order valence-electron chi connectivity index (χ0n) is 18.0. The van der Waals surface area contributed by atoms with E-state index in [1.165, 1.54) is 0 Å². The number of carbonyl (C=O) groups excluding carboxylic acids is 2. The van der Waals surface area contributed by atoms with Crippen LogP contribution in [0.2, 0.25) is 0 Å². The number of anilines is 2. The normalized spacial score (nSPS) is 15.3. The number of fused-ring (bicyclic) bond motifs is 1. The number of benzene rings is 1.